The Morgan fingerprint density at radius 2 is 1.16 bits per heavy atom. The zero-order valence-corrected chi connectivity index (χ0v) is 34.2. The van der Waals surface area contributed by atoms with Gasteiger partial charge in [0.2, 0.25) is 0 Å². The lowest BCUT2D eigenvalue weighted by Gasteiger charge is -2.13. The van der Waals surface area contributed by atoms with Crippen molar-refractivity contribution in [3.63, 3.8) is 0 Å². The Bertz CT molecular complexity index is 2890. The molecule has 6 aromatic rings. The molecule has 0 spiro atoms. The van der Waals surface area contributed by atoms with Crippen molar-refractivity contribution in [1.82, 2.24) is 19.9 Å². The first-order valence-electron chi connectivity index (χ1n) is 17.0. The molecule has 8 rings (SSSR count). The van der Waals surface area contributed by atoms with Crippen LogP contribution >= 0.6 is 48.0 Å². The zero-order chi connectivity index (χ0) is 43.9. The SMILES string of the molecule is Cl.ClCc1ccccn1.N#Cc1c(N)[nH]c(=S)c(C#N)c1-c1ccc2c(c1)OC(F)(F)O2.N#Cc1c(N)nc(SCc2ccccn2)c(C#N)c1-c1ccc2c(c1)OC(F)(F)O2. The van der Waals surface area contributed by atoms with Crippen molar-refractivity contribution in [1.29, 1.82) is 21.0 Å². The number of rotatable bonds is 6. The van der Waals surface area contributed by atoms with Crippen molar-refractivity contribution in [2.45, 2.75) is 29.2 Å². The van der Waals surface area contributed by atoms with Crippen LogP contribution in [0.1, 0.15) is 33.6 Å². The van der Waals surface area contributed by atoms with Gasteiger partial charge in [-0.25, -0.2) is 4.98 Å². The third kappa shape index (κ3) is 10.2. The maximum absolute atomic E-state index is 13.4. The highest BCUT2D eigenvalue weighted by Crippen LogP contribution is 2.46. The summed E-state index contributed by atoms with van der Waals surface area (Å²) in [7, 11) is 0. The third-order valence-electron chi connectivity index (χ3n) is 8.21. The summed E-state index contributed by atoms with van der Waals surface area (Å²) in [6, 6.07) is 26.8. The van der Waals surface area contributed by atoms with Gasteiger partial charge >= 0.3 is 12.6 Å². The van der Waals surface area contributed by atoms with Gasteiger partial charge in [-0.2, -0.15) is 21.0 Å². The van der Waals surface area contributed by atoms with Gasteiger partial charge in [-0.1, -0.05) is 48.2 Å². The van der Waals surface area contributed by atoms with E-state index in [1.165, 1.54) is 48.2 Å². The molecule has 0 amide bonds. The third-order valence-corrected chi connectivity index (χ3v) is 9.80. The number of fused-ring (bicyclic) bond motifs is 2. The number of aromatic amines is 1. The van der Waals surface area contributed by atoms with Crippen LogP contribution < -0.4 is 30.4 Å². The summed E-state index contributed by atoms with van der Waals surface area (Å²) in [5.41, 5.74) is 14.4. The Morgan fingerprint density at radius 3 is 1.61 bits per heavy atom. The first-order valence-corrected chi connectivity index (χ1v) is 18.9. The van der Waals surface area contributed by atoms with E-state index in [1.807, 2.05) is 48.5 Å². The second-order valence-corrected chi connectivity index (χ2v) is 13.7. The number of thioether (sulfide) groups is 1. The summed E-state index contributed by atoms with van der Waals surface area (Å²) in [5, 5.41) is 38.3. The number of nitrogens with zero attached hydrogens (tertiary/aromatic N) is 7. The van der Waals surface area contributed by atoms with Crippen LogP contribution in [0.3, 0.4) is 0 Å². The van der Waals surface area contributed by atoms with Gasteiger partial charge in [0, 0.05) is 29.3 Å². The Balaban J connectivity index is 0.000000200. The topological polar surface area (TPSA) is 239 Å². The van der Waals surface area contributed by atoms with Crippen LogP contribution in [0.25, 0.3) is 22.3 Å². The number of pyridine rings is 4. The number of aromatic nitrogens is 4. The average molecular weight is 920 g/mol. The fourth-order valence-corrected chi connectivity index (χ4v) is 6.96. The lowest BCUT2D eigenvalue weighted by atomic mass is 9.96. The number of halogens is 6. The molecule has 0 unspecified atom stereocenters. The number of H-pyrrole nitrogens is 1. The maximum atomic E-state index is 13.4. The van der Waals surface area contributed by atoms with Gasteiger partial charge in [0.1, 0.15) is 56.7 Å². The van der Waals surface area contributed by atoms with Crippen molar-refractivity contribution in [2.24, 2.45) is 0 Å². The molecule has 2 aliphatic heterocycles. The summed E-state index contributed by atoms with van der Waals surface area (Å²) >= 11 is 11.7. The smallest absolute Gasteiger partial charge is 0.395 e. The van der Waals surface area contributed by atoms with Crippen molar-refractivity contribution in [3.05, 3.63) is 123 Å². The van der Waals surface area contributed by atoms with Crippen molar-refractivity contribution < 1.29 is 36.5 Å². The van der Waals surface area contributed by atoms with Crippen LogP contribution in [-0.2, 0) is 11.6 Å². The van der Waals surface area contributed by atoms with E-state index < -0.39 is 12.6 Å². The molecule has 0 atom stereocenters. The summed E-state index contributed by atoms with van der Waals surface area (Å²) < 4.78 is 70.5. The number of benzene rings is 2. The average Bonchev–Trinajstić information content (AvgIpc) is 3.74. The van der Waals surface area contributed by atoms with Gasteiger partial charge < -0.3 is 35.4 Å². The predicted molar refractivity (Wildman–Crippen MR) is 222 cm³/mol. The first-order chi connectivity index (χ1) is 29.2. The molecule has 5 N–H and O–H groups in total. The fourth-order valence-electron chi connectivity index (χ4n) is 5.64. The molecule has 4 aromatic heterocycles. The quantitative estimate of drug-likeness (QED) is 0.0610. The minimum atomic E-state index is -3.78. The molecule has 2 aliphatic rings. The minimum absolute atomic E-state index is 0. The van der Waals surface area contributed by atoms with Crippen LogP contribution in [0, 0.1) is 50.0 Å². The highest BCUT2D eigenvalue weighted by Gasteiger charge is 2.44. The van der Waals surface area contributed by atoms with Crippen LogP contribution in [0.4, 0.5) is 29.2 Å². The first kappa shape index (κ1) is 45.7. The summed E-state index contributed by atoms with van der Waals surface area (Å²) in [6.45, 7) is 0. The highest BCUT2D eigenvalue weighted by molar-refractivity contribution is 7.98. The van der Waals surface area contributed by atoms with Crippen LogP contribution in [0.2, 0.25) is 0 Å². The molecule has 312 valence electrons. The van der Waals surface area contributed by atoms with Gasteiger partial charge in [0.05, 0.1) is 28.4 Å². The fraction of sp³-hybridized carbons (Fsp3) is 0.100. The van der Waals surface area contributed by atoms with E-state index in [2.05, 4.69) is 45.0 Å². The Kier molecular flexibility index (Phi) is 14.3. The molecule has 0 bridgehead atoms. The van der Waals surface area contributed by atoms with Gasteiger partial charge in [-0.15, -0.1) is 41.6 Å². The highest BCUT2D eigenvalue weighted by atomic mass is 35.5. The Labute approximate surface area is 369 Å². The normalized spacial score (nSPS) is 12.9. The number of nitrogens with two attached hydrogens (primary N) is 2. The molecular formula is C40H24Cl2F4N10O4S2. The molecule has 0 aliphatic carbocycles. The van der Waals surface area contributed by atoms with Crippen LogP contribution in [-0.4, -0.2) is 32.5 Å². The Morgan fingerprint density at radius 1 is 0.677 bits per heavy atom. The van der Waals surface area contributed by atoms with Crippen LogP contribution in [0.5, 0.6) is 23.0 Å². The molecule has 22 heteroatoms. The van der Waals surface area contributed by atoms with E-state index in [4.69, 9.17) is 35.3 Å². The van der Waals surface area contributed by atoms with E-state index in [9.17, 15) is 38.6 Å². The maximum Gasteiger partial charge on any atom is 0.586 e. The van der Waals surface area contributed by atoms with E-state index in [-0.39, 0.29) is 90.6 Å². The Hall–Kier alpha value is -7.33. The molecule has 0 radical (unpaired) electrons. The standard InChI is InChI=1S/C20H11F2N5O2S.C14H6F2N4O2S.C6H6ClN.ClH/c21-20(22)28-15-5-4-11(7-16(15)29-20)17-13(8-23)18(25)27-19(14(17)9-24)30-10-12-3-1-2-6-26-12;15-14(16)21-9-2-1-6(3-10(9)22-14)11-7(4-17)12(19)20-13(23)8(11)5-18;7-5-6-3-1-2-4-8-6;/h1-7H,10H2,(H2,25,27);1-3H,(H3,19,20,23);1-4H,5H2;1H. The van der Waals surface area contributed by atoms with Crippen molar-refractivity contribution >= 4 is 59.6 Å². The number of ether oxygens (including phenoxy) is 4. The van der Waals surface area contributed by atoms with E-state index in [0.717, 1.165) is 11.4 Å². The van der Waals surface area contributed by atoms with Gasteiger partial charge in [0.15, 0.2) is 23.0 Å². The molecule has 0 saturated carbocycles. The summed E-state index contributed by atoms with van der Waals surface area (Å²) in [4.78, 5) is 14.9. The number of nitrogen functional groups attached to an aromatic ring is 2. The predicted octanol–water partition coefficient (Wildman–Crippen LogP) is 9.38. The minimum Gasteiger partial charge on any atom is -0.395 e. The second kappa shape index (κ2) is 19.4. The number of anilines is 2. The lowest BCUT2D eigenvalue weighted by Crippen LogP contribution is -2.25. The van der Waals surface area contributed by atoms with Crippen molar-refractivity contribution in [3.8, 4) is 69.5 Å². The molecule has 6 heterocycles. The number of alkyl halides is 5. The summed E-state index contributed by atoms with van der Waals surface area (Å²) in [5.74, 6) is 0.118. The molecular weight excluding hydrogens is 896 g/mol. The lowest BCUT2D eigenvalue weighted by molar-refractivity contribution is -0.287. The molecule has 62 heavy (non-hydrogen) atoms. The molecule has 0 fully saturated rings. The number of hydrogen-bond acceptors (Lipinski definition) is 15. The van der Waals surface area contributed by atoms with E-state index in [1.54, 1.807) is 18.5 Å². The molecule has 0 saturated heterocycles. The largest absolute Gasteiger partial charge is 0.586 e. The molecule has 14 nitrogen and oxygen atoms in total. The summed E-state index contributed by atoms with van der Waals surface area (Å²) in [6.07, 6.45) is -4.16. The van der Waals surface area contributed by atoms with Gasteiger partial charge in [0.25, 0.3) is 0 Å². The van der Waals surface area contributed by atoms with Crippen LogP contribution in [0.15, 0.2) is 90.2 Å². The van der Waals surface area contributed by atoms with Gasteiger partial charge in [-0.3, -0.25) is 9.97 Å². The van der Waals surface area contributed by atoms with E-state index in [0.29, 0.717) is 22.2 Å². The molecule has 2 aromatic carbocycles. The zero-order valence-electron chi connectivity index (χ0n) is 31.0. The number of nitrogens with one attached hydrogen (secondary N) is 1. The van der Waals surface area contributed by atoms with E-state index >= 15 is 0 Å². The number of nitriles is 4. The number of hydrogen-bond donors (Lipinski definition) is 3. The second-order valence-electron chi connectivity index (χ2n) is 12.1. The monoisotopic (exact) mass is 918 g/mol. The van der Waals surface area contributed by atoms with Gasteiger partial charge in [-0.05, 0) is 59.7 Å². The van der Waals surface area contributed by atoms with Crippen molar-refractivity contribution in [2.75, 3.05) is 11.5 Å².